The Hall–Kier alpha value is -0.610. The summed E-state index contributed by atoms with van der Waals surface area (Å²) < 4.78 is 0. The lowest BCUT2D eigenvalue weighted by Crippen LogP contribution is -2.41. The van der Waals surface area contributed by atoms with E-state index in [2.05, 4.69) is 4.90 Å². The third-order valence-corrected chi connectivity index (χ3v) is 2.91. The Kier molecular flexibility index (Phi) is 4.35. The molecule has 1 aliphatic rings. The van der Waals surface area contributed by atoms with Crippen molar-refractivity contribution in [2.75, 3.05) is 33.3 Å². The van der Waals surface area contributed by atoms with Crippen molar-refractivity contribution in [2.45, 2.75) is 25.8 Å². The smallest absolute Gasteiger partial charge is 0.219 e. The number of carbonyl (C=O) groups excluding carboxylic acids is 1. The number of carbonyl (C=O) groups is 1. The predicted octanol–water partition coefficient (Wildman–Crippen LogP) is -0.0786. The van der Waals surface area contributed by atoms with Gasteiger partial charge in [-0.25, -0.2) is 0 Å². The summed E-state index contributed by atoms with van der Waals surface area (Å²) in [5, 5.41) is 8.87. The maximum Gasteiger partial charge on any atom is 0.219 e. The topological polar surface area (TPSA) is 43.8 Å². The number of nitrogens with zero attached hydrogens (tertiary/aromatic N) is 2. The zero-order valence-corrected chi connectivity index (χ0v) is 9.07. The molecule has 1 unspecified atom stereocenters. The second-order valence-corrected chi connectivity index (χ2v) is 3.96. The third-order valence-electron chi connectivity index (χ3n) is 2.91. The van der Waals surface area contributed by atoms with E-state index < -0.39 is 0 Å². The zero-order valence-electron chi connectivity index (χ0n) is 9.07. The first kappa shape index (κ1) is 11.5. The van der Waals surface area contributed by atoms with E-state index in [1.807, 2.05) is 7.05 Å². The van der Waals surface area contributed by atoms with Gasteiger partial charge in [-0.3, -0.25) is 9.69 Å². The van der Waals surface area contributed by atoms with Crippen molar-refractivity contribution in [1.82, 2.24) is 9.80 Å². The minimum atomic E-state index is 0.112. The van der Waals surface area contributed by atoms with Crippen molar-refractivity contribution in [3.05, 3.63) is 0 Å². The highest BCUT2D eigenvalue weighted by atomic mass is 16.3. The van der Waals surface area contributed by atoms with Gasteiger partial charge in [0, 0.05) is 33.1 Å². The summed E-state index contributed by atoms with van der Waals surface area (Å²) in [5.74, 6) is 0.112. The molecule has 1 fully saturated rings. The Bertz CT molecular complexity index is 197. The van der Waals surface area contributed by atoms with Crippen LogP contribution in [0, 0.1) is 0 Å². The van der Waals surface area contributed by atoms with E-state index in [-0.39, 0.29) is 12.5 Å². The highest BCUT2D eigenvalue weighted by Crippen LogP contribution is 2.17. The highest BCUT2D eigenvalue weighted by Gasteiger charge is 2.25. The molecule has 1 N–H and O–H groups in total. The van der Waals surface area contributed by atoms with Crippen molar-refractivity contribution in [3.8, 4) is 0 Å². The van der Waals surface area contributed by atoms with Crippen molar-refractivity contribution >= 4 is 5.91 Å². The van der Waals surface area contributed by atoms with Crippen LogP contribution >= 0.6 is 0 Å². The Morgan fingerprint density at radius 2 is 2.36 bits per heavy atom. The van der Waals surface area contributed by atoms with E-state index in [4.69, 9.17) is 5.11 Å². The van der Waals surface area contributed by atoms with E-state index >= 15 is 0 Å². The molecule has 0 aromatic heterocycles. The number of likely N-dealkylation sites (tertiary alicyclic amines) is 1. The van der Waals surface area contributed by atoms with Gasteiger partial charge in [0.05, 0.1) is 6.61 Å². The summed E-state index contributed by atoms with van der Waals surface area (Å²) in [6, 6.07) is 0.441. The lowest BCUT2D eigenvalue weighted by atomic mass is 10.2. The predicted molar refractivity (Wildman–Crippen MR) is 55.0 cm³/mol. The number of aliphatic hydroxyl groups excluding tert-OH is 1. The first-order chi connectivity index (χ1) is 6.65. The van der Waals surface area contributed by atoms with Gasteiger partial charge in [-0.15, -0.1) is 0 Å². The molecule has 1 amide bonds. The summed E-state index contributed by atoms with van der Waals surface area (Å²) in [4.78, 5) is 15.1. The molecule has 1 atom stereocenters. The molecular weight excluding hydrogens is 180 g/mol. The van der Waals surface area contributed by atoms with Gasteiger partial charge in [0.25, 0.3) is 0 Å². The van der Waals surface area contributed by atoms with Gasteiger partial charge in [-0.05, 0) is 19.4 Å². The molecule has 0 radical (unpaired) electrons. The van der Waals surface area contributed by atoms with Crippen molar-refractivity contribution in [3.63, 3.8) is 0 Å². The van der Waals surface area contributed by atoms with Crippen LogP contribution in [0.2, 0.25) is 0 Å². The maximum atomic E-state index is 11.1. The van der Waals surface area contributed by atoms with Crippen molar-refractivity contribution in [1.29, 1.82) is 0 Å². The van der Waals surface area contributed by atoms with E-state index in [0.717, 1.165) is 26.1 Å². The number of rotatable bonds is 4. The van der Waals surface area contributed by atoms with Gasteiger partial charge in [0.2, 0.25) is 5.91 Å². The van der Waals surface area contributed by atoms with Crippen LogP contribution in [0.5, 0.6) is 0 Å². The molecule has 1 heterocycles. The Labute approximate surface area is 85.5 Å². The number of likely N-dealkylation sites (N-methyl/N-ethyl adjacent to an activating group) is 1. The number of amides is 1. The number of β-amino-alcohol motifs (C(OH)–C–C–N with tert-alkyl or cyclic N) is 1. The molecule has 0 spiro atoms. The number of hydrogen-bond donors (Lipinski definition) is 1. The summed E-state index contributed by atoms with van der Waals surface area (Å²) in [5.41, 5.74) is 0. The van der Waals surface area contributed by atoms with Gasteiger partial charge < -0.3 is 10.0 Å². The molecule has 1 saturated heterocycles. The Balaban J connectivity index is 2.38. The second kappa shape index (κ2) is 5.32. The van der Waals surface area contributed by atoms with Crippen molar-refractivity contribution < 1.29 is 9.90 Å². The second-order valence-electron chi connectivity index (χ2n) is 3.96. The molecule has 82 valence electrons. The summed E-state index contributed by atoms with van der Waals surface area (Å²) in [6.07, 6.45) is 2.31. The lowest BCUT2D eigenvalue weighted by Gasteiger charge is -2.27. The van der Waals surface area contributed by atoms with Crippen LogP contribution in [0.15, 0.2) is 0 Å². The monoisotopic (exact) mass is 200 g/mol. The van der Waals surface area contributed by atoms with Crippen LogP contribution in [0.25, 0.3) is 0 Å². The fourth-order valence-corrected chi connectivity index (χ4v) is 1.97. The largest absolute Gasteiger partial charge is 0.395 e. The molecular formula is C10H20N2O2. The van der Waals surface area contributed by atoms with Crippen LogP contribution < -0.4 is 0 Å². The third kappa shape index (κ3) is 2.96. The quantitative estimate of drug-likeness (QED) is 0.690. The average Bonchev–Trinajstić information content (AvgIpc) is 2.53. The SMILES string of the molecule is CC(=O)N(C)CC1CCCN1CCO. The van der Waals surface area contributed by atoms with Gasteiger partial charge in [0.15, 0.2) is 0 Å². The molecule has 4 heteroatoms. The number of aliphatic hydroxyl groups is 1. The van der Waals surface area contributed by atoms with E-state index in [0.29, 0.717) is 6.04 Å². The summed E-state index contributed by atoms with van der Waals surface area (Å²) in [6.45, 7) is 4.37. The van der Waals surface area contributed by atoms with Gasteiger partial charge in [0.1, 0.15) is 0 Å². The molecule has 0 aliphatic carbocycles. The first-order valence-electron chi connectivity index (χ1n) is 5.21. The molecule has 1 aliphatic heterocycles. The number of hydrogen-bond acceptors (Lipinski definition) is 3. The van der Waals surface area contributed by atoms with E-state index in [1.54, 1.807) is 11.8 Å². The van der Waals surface area contributed by atoms with Crippen LogP contribution in [-0.4, -0.2) is 60.1 Å². The van der Waals surface area contributed by atoms with Gasteiger partial charge >= 0.3 is 0 Å². The van der Waals surface area contributed by atoms with Crippen LogP contribution in [0.4, 0.5) is 0 Å². The van der Waals surface area contributed by atoms with Gasteiger partial charge in [-0.1, -0.05) is 0 Å². The molecule has 4 nitrogen and oxygen atoms in total. The van der Waals surface area contributed by atoms with Crippen LogP contribution in [0.1, 0.15) is 19.8 Å². The fraction of sp³-hybridized carbons (Fsp3) is 0.900. The summed E-state index contributed by atoms with van der Waals surface area (Å²) >= 11 is 0. The molecule has 14 heavy (non-hydrogen) atoms. The van der Waals surface area contributed by atoms with Gasteiger partial charge in [-0.2, -0.15) is 0 Å². The molecule has 0 aromatic rings. The van der Waals surface area contributed by atoms with Crippen molar-refractivity contribution in [2.24, 2.45) is 0 Å². The Morgan fingerprint density at radius 1 is 1.64 bits per heavy atom. The summed E-state index contributed by atoms with van der Waals surface area (Å²) in [7, 11) is 1.83. The maximum absolute atomic E-state index is 11.1. The van der Waals surface area contributed by atoms with E-state index in [1.165, 1.54) is 6.42 Å². The molecule has 0 aromatic carbocycles. The normalized spacial score (nSPS) is 22.6. The lowest BCUT2D eigenvalue weighted by molar-refractivity contribution is -0.128. The minimum absolute atomic E-state index is 0.112. The van der Waals surface area contributed by atoms with Crippen LogP contribution in [0.3, 0.4) is 0 Å². The molecule has 0 saturated carbocycles. The molecule has 1 rings (SSSR count). The Morgan fingerprint density at radius 3 is 2.93 bits per heavy atom. The molecule has 0 bridgehead atoms. The zero-order chi connectivity index (χ0) is 10.6. The van der Waals surface area contributed by atoms with E-state index in [9.17, 15) is 4.79 Å². The van der Waals surface area contributed by atoms with Crippen LogP contribution in [-0.2, 0) is 4.79 Å². The first-order valence-corrected chi connectivity index (χ1v) is 5.21. The highest BCUT2D eigenvalue weighted by molar-refractivity contribution is 5.72. The average molecular weight is 200 g/mol. The fourth-order valence-electron chi connectivity index (χ4n) is 1.97. The minimum Gasteiger partial charge on any atom is -0.395 e. The standard InChI is InChI=1S/C10H20N2O2/c1-9(14)11(2)8-10-4-3-5-12(10)6-7-13/h10,13H,3-8H2,1-2H3.